The number of imidazole rings is 1. The van der Waals surface area contributed by atoms with Crippen LogP contribution in [0.2, 0.25) is 0 Å². The van der Waals surface area contributed by atoms with Gasteiger partial charge >= 0.3 is 0 Å². The minimum Gasteiger partial charge on any atom is -0.384 e. The Hall–Kier alpha value is -1.88. The molecule has 2 aromatic rings. The summed E-state index contributed by atoms with van der Waals surface area (Å²) in [6, 6.07) is 4.23. The highest BCUT2D eigenvalue weighted by Crippen LogP contribution is 2.31. The molecule has 2 N–H and O–H groups in total. The van der Waals surface area contributed by atoms with Gasteiger partial charge in [-0.25, -0.2) is 9.97 Å². The van der Waals surface area contributed by atoms with Gasteiger partial charge in [-0.05, 0) is 37.8 Å². The molecule has 0 amide bonds. The third-order valence-electron chi connectivity index (χ3n) is 4.14. The van der Waals surface area contributed by atoms with Crippen LogP contribution < -0.4 is 5.73 Å². The van der Waals surface area contributed by atoms with E-state index in [4.69, 9.17) is 10.5 Å². The van der Waals surface area contributed by atoms with Crippen molar-refractivity contribution in [3.05, 3.63) is 30.9 Å². The molecule has 3 heterocycles. The number of nitrogens with zero attached hydrogens (tertiary/aromatic N) is 3. The number of nitrogens with two attached hydrogens (primary N) is 1. The van der Waals surface area contributed by atoms with Gasteiger partial charge in [0.05, 0.1) is 18.2 Å². The highest BCUT2D eigenvalue weighted by Gasteiger charge is 2.23. The Morgan fingerprint density at radius 3 is 2.80 bits per heavy atom. The van der Waals surface area contributed by atoms with E-state index in [2.05, 4.69) is 21.5 Å². The van der Waals surface area contributed by atoms with Crippen molar-refractivity contribution in [3.8, 4) is 11.3 Å². The lowest BCUT2D eigenvalue weighted by Gasteiger charge is -2.29. The molecule has 20 heavy (non-hydrogen) atoms. The average molecular weight is 272 g/mol. The van der Waals surface area contributed by atoms with Crippen LogP contribution in [0.3, 0.4) is 0 Å². The Bertz CT molecular complexity index is 558. The van der Waals surface area contributed by atoms with Crippen LogP contribution in [0.4, 0.5) is 5.82 Å². The van der Waals surface area contributed by atoms with E-state index in [0.717, 1.165) is 37.3 Å². The summed E-state index contributed by atoms with van der Waals surface area (Å²) in [5.74, 6) is 1.18. The average Bonchev–Trinajstić information content (AvgIpc) is 2.97. The summed E-state index contributed by atoms with van der Waals surface area (Å²) >= 11 is 0. The van der Waals surface area contributed by atoms with Crippen LogP contribution in [-0.4, -0.2) is 27.7 Å². The second kappa shape index (κ2) is 5.63. The lowest BCUT2D eigenvalue weighted by atomic mass is 9.92. The van der Waals surface area contributed by atoms with Gasteiger partial charge in [0.2, 0.25) is 0 Å². The molecule has 5 nitrogen and oxygen atoms in total. The molecule has 2 aromatic heterocycles. The van der Waals surface area contributed by atoms with Gasteiger partial charge in [-0.2, -0.15) is 0 Å². The smallest absolute Gasteiger partial charge is 0.123 e. The second-order valence-corrected chi connectivity index (χ2v) is 5.35. The number of ether oxygens (including phenoxy) is 1. The molecule has 1 aliphatic rings. The number of pyridine rings is 1. The zero-order valence-corrected chi connectivity index (χ0v) is 11.7. The van der Waals surface area contributed by atoms with E-state index >= 15 is 0 Å². The summed E-state index contributed by atoms with van der Waals surface area (Å²) in [7, 11) is 0. The summed E-state index contributed by atoms with van der Waals surface area (Å²) < 4.78 is 7.69. The van der Waals surface area contributed by atoms with Crippen LogP contribution >= 0.6 is 0 Å². The van der Waals surface area contributed by atoms with Gasteiger partial charge in [-0.1, -0.05) is 0 Å². The molecular weight excluding hydrogens is 252 g/mol. The van der Waals surface area contributed by atoms with Crippen LogP contribution in [0.5, 0.6) is 0 Å². The predicted molar refractivity (Wildman–Crippen MR) is 78.1 cm³/mol. The number of aromatic nitrogens is 3. The maximum Gasteiger partial charge on any atom is 0.123 e. The highest BCUT2D eigenvalue weighted by atomic mass is 16.5. The summed E-state index contributed by atoms with van der Waals surface area (Å²) in [6.45, 7) is 3.98. The molecule has 0 radical (unpaired) electrons. The van der Waals surface area contributed by atoms with E-state index in [1.807, 2.05) is 24.7 Å². The van der Waals surface area contributed by atoms with Crippen LogP contribution in [0.1, 0.15) is 25.8 Å². The number of anilines is 1. The monoisotopic (exact) mass is 272 g/mol. The Morgan fingerprint density at radius 1 is 1.30 bits per heavy atom. The van der Waals surface area contributed by atoms with Crippen LogP contribution in [0.25, 0.3) is 11.3 Å². The van der Waals surface area contributed by atoms with Gasteiger partial charge in [-0.3, -0.25) is 0 Å². The molecule has 5 heteroatoms. The molecule has 3 rings (SSSR count). The van der Waals surface area contributed by atoms with Gasteiger partial charge in [0.1, 0.15) is 5.82 Å². The first-order valence-electron chi connectivity index (χ1n) is 7.07. The van der Waals surface area contributed by atoms with Gasteiger partial charge in [-0.15, -0.1) is 0 Å². The van der Waals surface area contributed by atoms with Crippen molar-refractivity contribution in [3.63, 3.8) is 0 Å². The number of hydrogen-bond donors (Lipinski definition) is 1. The number of hydrogen-bond acceptors (Lipinski definition) is 4. The molecule has 1 atom stereocenters. The molecule has 1 unspecified atom stereocenters. The first kappa shape index (κ1) is 13.1. The van der Waals surface area contributed by atoms with E-state index in [9.17, 15) is 0 Å². The molecule has 0 saturated carbocycles. The van der Waals surface area contributed by atoms with Crippen molar-refractivity contribution < 1.29 is 4.74 Å². The molecule has 1 saturated heterocycles. The molecule has 0 aromatic carbocycles. The third kappa shape index (κ3) is 2.54. The zero-order valence-electron chi connectivity index (χ0n) is 11.7. The second-order valence-electron chi connectivity index (χ2n) is 5.35. The van der Waals surface area contributed by atoms with Gasteiger partial charge < -0.3 is 15.0 Å². The van der Waals surface area contributed by atoms with E-state index in [-0.39, 0.29) is 0 Å². The molecule has 106 valence electrons. The molecule has 1 aliphatic heterocycles. The number of rotatable bonds is 3. The zero-order chi connectivity index (χ0) is 13.9. The maximum atomic E-state index is 5.65. The summed E-state index contributed by atoms with van der Waals surface area (Å²) in [4.78, 5) is 8.47. The topological polar surface area (TPSA) is 66.0 Å². The minimum atomic E-state index is 0.411. The predicted octanol–water partition coefficient (Wildman–Crippen LogP) is 2.51. The van der Waals surface area contributed by atoms with E-state index in [1.165, 1.54) is 0 Å². The normalized spacial score (nSPS) is 18.1. The third-order valence-corrected chi connectivity index (χ3v) is 4.14. The van der Waals surface area contributed by atoms with Crippen molar-refractivity contribution >= 4 is 5.82 Å². The Balaban J connectivity index is 1.87. The van der Waals surface area contributed by atoms with Gasteiger partial charge in [0, 0.05) is 31.0 Å². The Kier molecular flexibility index (Phi) is 3.69. The van der Waals surface area contributed by atoms with Crippen molar-refractivity contribution in [1.82, 2.24) is 14.5 Å². The largest absolute Gasteiger partial charge is 0.384 e. The Morgan fingerprint density at radius 2 is 2.10 bits per heavy atom. The summed E-state index contributed by atoms with van der Waals surface area (Å²) in [5, 5.41) is 0. The molecule has 1 fully saturated rings. The molecule has 0 bridgehead atoms. The van der Waals surface area contributed by atoms with E-state index < -0.39 is 0 Å². The minimum absolute atomic E-state index is 0.411. The fourth-order valence-corrected chi connectivity index (χ4v) is 2.83. The number of nitrogen functional groups attached to an aromatic ring is 1. The van der Waals surface area contributed by atoms with Crippen molar-refractivity contribution in [2.45, 2.75) is 25.8 Å². The highest BCUT2D eigenvalue weighted by molar-refractivity contribution is 5.59. The lowest BCUT2D eigenvalue weighted by Crippen LogP contribution is -2.24. The molecule has 0 aliphatic carbocycles. The fourth-order valence-electron chi connectivity index (χ4n) is 2.83. The SMILES string of the molecule is CC(C1CCOCC1)n1cncc1-c1ccc(N)nc1. The Labute approximate surface area is 118 Å². The first-order chi connectivity index (χ1) is 9.75. The first-order valence-corrected chi connectivity index (χ1v) is 7.07. The van der Waals surface area contributed by atoms with E-state index in [0.29, 0.717) is 17.8 Å². The lowest BCUT2D eigenvalue weighted by molar-refractivity contribution is 0.0515. The maximum absolute atomic E-state index is 5.65. The summed E-state index contributed by atoms with van der Waals surface area (Å²) in [5.41, 5.74) is 7.79. The molecular formula is C15H20N4O. The van der Waals surface area contributed by atoms with Crippen LogP contribution in [-0.2, 0) is 4.74 Å². The van der Waals surface area contributed by atoms with Crippen molar-refractivity contribution in [2.75, 3.05) is 18.9 Å². The van der Waals surface area contributed by atoms with Crippen molar-refractivity contribution in [1.29, 1.82) is 0 Å². The fraction of sp³-hybridized carbons (Fsp3) is 0.467. The van der Waals surface area contributed by atoms with E-state index in [1.54, 1.807) is 6.20 Å². The van der Waals surface area contributed by atoms with Gasteiger partial charge in [0.15, 0.2) is 0 Å². The quantitative estimate of drug-likeness (QED) is 0.932. The summed E-state index contributed by atoms with van der Waals surface area (Å²) in [6.07, 6.45) is 7.83. The van der Waals surface area contributed by atoms with Crippen LogP contribution in [0, 0.1) is 5.92 Å². The van der Waals surface area contributed by atoms with Crippen LogP contribution in [0.15, 0.2) is 30.9 Å². The van der Waals surface area contributed by atoms with Gasteiger partial charge in [0.25, 0.3) is 0 Å². The van der Waals surface area contributed by atoms with Crippen molar-refractivity contribution in [2.24, 2.45) is 5.92 Å². The molecule has 0 spiro atoms. The standard InChI is InChI=1S/C15H20N4O/c1-11(12-4-6-20-7-5-12)19-10-17-9-14(19)13-2-3-15(16)18-8-13/h2-3,8-12H,4-7H2,1H3,(H2,16,18).